The maximum atomic E-state index is 12.1. The van der Waals surface area contributed by atoms with Gasteiger partial charge in [0.1, 0.15) is 5.82 Å². The molecule has 0 amide bonds. The standard InChI is InChI=1S/C16H18N2O3/c1-3-11-4-6-12(7-5-11)15-17-10(2)13(16(21)18-15)8-9-14(19)20/h4-7H,3,8-9H2,1-2H3,(H,19,20)(H,17,18,21). The number of carboxylic acid groups (broad SMARTS) is 1. The van der Waals surface area contributed by atoms with E-state index in [1.165, 1.54) is 5.56 Å². The van der Waals surface area contributed by atoms with Crippen LogP contribution in [0.25, 0.3) is 11.4 Å². The molecule has 0 saturated carbocycles. The maximum absolute atomic E-state index is 12.1. The molecule has 0 aliphatic carbocycles. The maximum Gasteiger partial charge on any atom is 0.303 e. The van der Waals surface area contributed by atoms with E-state index in [1.807, 2.05) is 24.3 Å². The van der Waals surface area contributed by atoms with Crippen molar-refractivity contribution in [2.45, 2.75) is 33.1 Å². The van der Waals surface area contributed by atoms with Crippen molar-refractivity contribution in [1.82, 2.24) is 9.97 Å². The van der Waals surface area contributed by atoms with Crippen LogP contribution in [-0.4, -0.2) is 21.0 Å². The number of nitrogens with one attached hydrogen (secondary N) is 1. The third-order valence-electron chi connectivity index (χ3n) is 3.45. The average Bonchev–Trinajstić information content (AvgIpc) is 2.46. The Hall–Kier alpha value is -2.43. The van der Waals surface area contributed by atoms with Gasteiger partial charge in [-0.1, -0.05) is 31.2 Å². The van der Waals surface area contributed by atoms with Crippen molar-refractivity contribution in [2.24, 2.45) is 0 Å². The topological polar surface area (TPSA) is 83.0 Å². The van der Waals surface area contributed by atoms with Gasteiger partial charge in [0.2, 0.25) is 0 Å². The predicted octanol–water partition coefficient (Wildman–Crippen LogP) is 2.32. The van der Waals surface area contributed by atoms with Gasteiger partial charge in [-0.25, -0.2) is 4.98 Å². The molecule has 0 aliphatic heterocycles. The van der Waals surface area contributed by atoms with Crippen molar-refractivity contribution < 1.29 is 9.90 Å². The molecule has 2 aromatic rings. The summed E-state index contributed by atoms with van der Waals surface area (Å²) in [7, 11) is 0. The Morgan fingerprint density at radius 2 is 1.95 bits per heavy atom. The van der Waals surface area contributed by atoms with Crippen molar-refractivity contribution in [1.29, 1.82) is 0 Å². The summed E-state index contributed by atoms with van der Waals surface area (Å²) >= 11 is 0. The third kappa shape index (κ3) is 3.56. The molecule has 21 heavy (non-hydrogen) atoms. The van der Waals surface area contributed by atoms with E-state index in [0.29, 0.717) is 17.1 Å². The van der Waals surface area contributed by atoms with Crippen molar-refractivity contribution in [3.8, 4) is 11.4 Å². The fourth-order valence-electron chi connectivity index (χ4n) is 2.17. The molecular weight excluding hydrogens is 268 g/mol. The Balaban J connectivity index is 2.34. The number of nitrogens with zero attached hydrogens (tertiary/aromatic N) is 1. The highest BCUT2D eigenvalue weighted by molar-refractivity contribution is 5.67. The molecule has 1 heterocycles. The summed E-state index contributed by atoms with van der Waals surface area (Å²) in [6.07, 6.45) is 1.08. The minimum atomic E-state index is -0.923. The van der Waals surface area contributed by atoms with E-state index in [1.54, 1.807) is 6.92 Å². The van der Waals surface area contributed by atoms with E-state index in [-0.39, 0.29) is 18.4 Å². The van der Waals surface area contributed by atoms with Gasteiger partial charge in [-0.15, -0.1) is 0 Å². The van der Waals surface area contributed by atoms with Gasteiger partial charge in [-0.05, 0) is 25.3 Å². The molecule has 5 heteroatoms. The van der Waals surface area contributed by atoms with Gasteiger partial charge >= 0.3 is 5.97 Å². The molecule has 2 rings (SSSR count). The first-order valence-electron chi connectivity index (χ1n) is 6.92. The highest BCUT2D eigenvalue weighted by Crippen LogP contribution is 2.16. The Labute approximate surface area is 122 Å². The molecule has 1 aromatic carbocycles. The van der Waals surface area contributed by atoms with E-state index < -0.39 is 5.97 Å². The second kappa shape index (κ2) is 6.35. The van der Waals surface area contributed by atoms with Gasteiger partial charge in [0.05, 0.1) is 0 Å². The molecule has 0 fully saturated rings. The second-order valence-corrected chi connectivity index (χ2v) is 4.92. The van der Waals surface area contributed by atoms with Crippen molar-refractivity contribution in [3.05, 3.63) is 51.4 Å². The van der Waals surface area contributed by atoms with Crippen LogP contribution in [0.2, 0.25) is 0 Å². The predicted molar refractivity (Wildman–Crippen MR) is 80.4 cm³/mol. The third-order valence-corrected chi connectivity index (χ3v) is 3.45. The van der Waals surface area contributed by atoms with Gasteiger partial charge in [0.25, 0.3) is 5.56 Å². The molecule has 0 atom stereocenters. The lowest BCUT2D eigenvalue weighted by molar-refractivity contribution is -0.136. The quantitative estimate of drug-likeness (QED) is 0.883. The first kappa shape index (κ1) is 15.0. The van der Waals surface area contributed by atoms with E-state index >= 15 is 0 Å². The zero-order chi connectivity index (χ0) is 15.4. The summed E-state index contributed by atoms with van der Waals surface area (Å²) in [6.45, 7) is 3.81. The number of hydrogen-bond donors (Lipinski definition) is 2. The molecule has 0 aliphatic rings. The van der Waals surface area contributed by atoms with Gasteiger partial charge < -0.3 is 10.1 Å². The van der Waals surface area contributed by atoms with Gasteiger partial charge in [-0.3, -0.25) is 9.59 Å². The highest BCUT2D eigenvalue weighted by Gasteiger charge is 2.11. The zero-order valence-electron chi connectivity index (χ0n) is 12.1. The first-order valence-corrected chi connectivity index (χ1v) is 6.92. The number of H-pyrrole nitrogens is 1. The van der Waals surface area contributed by atoms with Gasteiger partial charge in [0, 0.05) is 23.2 Å². The van der Waals surface area contributed by atoms with E-state index in [9.17, 15) is 9.59 Å². The summed E-state index contributed by atoms with van der Waals surface area (Å²) in [4.78, 5) is 29.8. The number of aromatic amines is 1. The van der Waals surface area contributed by atoms with Crippen LogP contribution >= 0.6 is 0 Å². The highest BCUT2D eigenvalue weighted by atomic mass is 16.4. The summed E-state index contributed by atoms with van der Waals surface area (Å²) in [6, 6.07) is 7.85. The molecule has 0 bridgehead atoms. The normalized spacial score (nSPS) is 10.6. The summed E-state index contributed by atoms with van der Waals surface area (Å²) in [5, 5.41) is 8.71. The number of aryl methyl sites for hydroxylation is 2. The van der Waals surface area contributed by atoms with Crippen LogP contribution in [0.4, 0.5) is 0 Å². The molecule has 1 aromatic heterocycles. The molecule has 0 radical (unpaired) electrons. The van der Waals surface area contributed by atoms with Crippen LogP contribution in [0, 0.1) is 6.92 Å². The fourth-order valence-corrected chi connectivity index (χ4v) is 2.17. The van der Waals surface area contributed by atoms with Gasteiger partial charge in [-0.2, -0.15) is 0 Å². The lowest BCUT2D eigenvalue weighted by Gasteiger charge is -2.07. The number of carboxylic acids is 1. The van der Waals surface area contributed by atoms with Gasteiger partial charge in [0.15, 0.2) is 0 Å². The lowest BCUT2D eigenvalue weighted by Crippen LogP contribution is -2.18. The molecule has 110 valence electrons. The van der Waals surface area contributed by atoms with E-state index in [2.05, 4.69) is 16.9 Å². The smallest absolute Gasteiger partial charge is 0.303 e. The van der Waals surface area contributed by atoms with E-state index in [4.69, 9.17) is 5.11 Å². The lowest BCUT2D eigenvalue weighted by atomic mass is 10.1. The molecule has 2 N–H and O–H groups in total. The Kier molecular flexibility index (Phi) is 4.52. The van der Waals surface area contributed by atoms with Crippen LogP contribution in [0.15, 0.2) is 29.1 Å². The number of benzene rings is 1. The summed E-state index contributed by atoms with van der Waals surface area (Å²) < 4.78 is 0. The minimum absolute atomic E-state index is 0.0733. The molecule has 5 nitrogen and oxygen atoms in total. The Morgan fingerprint density at radius 3 is 2.48 bits per heavy atom. The van der Waals surface area contributed by atoms with Crippen molar-refractivity contribution >= 4 is 5.97 Å². The van der Waals surface area contributed by atoms with Crippen LogP contribution < -0.4 is 5.56 Å². The van der Waals surface area contributed by atoms with Crippen LogP contribution in [0.5, 0.6) is 0 Å². The number of hydrogen-bond acceptors (Lipinski definition) is 3. The molecule has 0 saturated heterocycles. The Bertz CT molecular complexity index is 702. The minimum Gasteiger partial charge on any atom is -0.481 e. The Morgan fingerprint density at radius 1 is 1.29 bits per heavy atom. The van der Waals surface area contributed by atoms with Crippen molar-refractivity contribution in [2.75, 3.05) is 0 Å². The first-order chi connectivity index (χ1) is 10.0. The van der Waals surface area contributed by atoms with Crippen LogP contribution in [0.1, 0.15) is 30.2 Å². The summed E-state index contributed by atoms with van der Waals surface area (Å²) in [5.74, 6) is -0.410. The van der Waals surface area contributed by atoms with Crippen LogP contribution in [-0.2, 0) is 17.6 Å². The van der Waals surface area contributed by atoms with Crippen LogP contribution in [0.3, 0.4) is 0 Å². The number of aromatic nitrogens is 2. The molecule has 0 spiro atoms. The molecule has 0 unspecified atom stereocenters. The number of rotatable bonds is 5. The fraction of sp³-hybridized carbons (Fsp3) is 0.312. The summed E-state index contributed by atoms with van der Waals surface area (Å²) in [5.41, 5.74) is 2.81. The van der Waals surface area contributed by atoms with Crippen molar-refractivity contribution in [3.63, 3.8) is 0 Å². The largest absolute Gasteiger partial charge is 0.481 e. The second-order valence-electron chi connectivity index (χ2n) is 4.92. The molecular formula is C16H18N2O3. The average molecular weight is 286 g/mol. The zero-order valence-corrected chi connectivity index (χ0v) is 12.1. The monoisotopic (exact) mass is 286 g/mol. The van der Waals surface area contributed by atoms with E-state index in [0.717, 1.165) is 12.0 Å². The number of carbonyl (C=O) groups is 1. The number of aliphatic carboxylic acids is 1. The SMILES string of the molecule is CCc1ccc(-c2nc(C)c(CCC(=O)O)c(=O)[nH]2)cc1.